The molecule has 1 saturated heterocycles. The smallest absolute Gasteiger partial charge is 0.287 e. The highest BCUT2D eigenvalue weighted by Crippen LogP contribution is 2.39. The van der Waals surface area contributed by atoms with Gasteiger partial charge in [-0.3, -0.25) is 9.69 Å². The van der Waals surface area contributed by atoms with E-state index in [-0.39, 0.29) is 11.9 Å². The Bertz CT molecular complexity index is 872. The summed E-state index contributed by atoms with van der Waals surface area (Å²) in [5.41, 5.74) is 2.26. The average Bonchev–Trinajstić information content (AvgIpc) is 3.38. The number of nitrogens with one attached hydrogen (secondary N) is 1. The number of nitrogens with zero attached hydrogens (tertiary/aromatic N) is 4. The first kappa shape index (κ1) is 20.8. The molecule has 1 saturated carbocycles. The molecule has 30 heavy (non-hydrogen) atoms. The Hall–Kier alpha value is -2.41. The summed E-state index contributed by atoms with van der Waals surface area (Å²) in [6, 6.07) is 4.02. The minimum absolute atomic E-state index is 0.0760. The third-order valence-corrected chi connectivity index (χ3v) is 6.20. The van der Waals surface area contributed by atoms with Crippen molar-refractivity contribution >= 4 is 11.9 Å². The molecule has 7 nitrogen and oxygen atoms in total. The predicted molar refractivity (Wildman–Crippen MR) is 117 cm³/mol. The van der Waals surface area contributed by atoms with Crippen LogP contribution in [0.5, 0.6) is 0 Å². The summed E-state index contributed by atoms with van der Waals surface area (Å²) in [7, 11) is 0. The van der Waals surface area contributed by atoms with Gasteiger partial charge in [0.1, 0.15) is 5.76 Å². The summed E-state index contributed by atoms with van der Waals surface area (Å²) in [5.74, 6) is 2.59. The third-order valence-electron chi connectivity index (χ3n) is 6.20. The van der Waals surface area contributed by atoms with Gasteiger partial charge in [-0.1, -0.05) is 20.8 Å². The van der Waals surface area contributed by atoms with Gasteiger partial charge in [-0.25, -0.2) is 9.97 Å². The van der Waals surface area contributed by atoms with Crippen molar-refractivity contribution in [2.75, 3.05) is 31.1 Å². The number of aryl methyl sites for hydroxylation is 1. The SMILES string of the molecule is CCc1oc(C(=O)NC2CCN(c3nccc(C4CC4)n3)C2)cc1CN(CC)CC. The molecule has 2 aromatic rings. The number of hydrogen-bond donors (Lipinski definition) is 1. The highest BCUT2D eigenvalue weighted by Gasteiger charge is 2.29. The summed E-state index contributed by atoms with van der Waals surface area (Å²) in [4.78, 5) is 26.5. The normalized spacial score (nSPS) is 18.9. The first-order chi connectivity index (χ1) is 14.6. The first-order valence-electron chi connectivity index (χ1n) is 11.3. The zero-order valence-electron chi connectivity index (χ0n) is 18.4. The van der Waals surface area contributed by atoms with Crippen LogP contribution in [0.15, 0.2) is 22.7 Å². The van der Waals surface area contributed by atoms with Gasteiger partial charge in [0.15, 0.2) is 5.76 Å². The van der Waals surface area contributed by atoms with E-state index in [1.165, 1.54) is 12.8 Å². The van der Waals surface area contributed by atoms with E-state index >= 15 is 0 Å². The van der Waals surface area contributed by atoms with Crippen LogP contribution >= 0.6 is 0 Å². The molecule has 1 aliphatic heterocycles. The van der Waals surface area contributed by atoms with Crippen LogP contribution in [0.4, 0.5) is 5.95 Å². The van der Waals surface area contributed by atoms with Gasteiger partial charge in [0, 0.05) is 55.5 Å². The van der Waals surface area contributed by atoms with E-state index in [2.05, 4.69) is 40.9 Å². The lowest BCUT2D eigenvalue weighted by atomic mass is 10.2. The number of aromatic nitrogens is 2. The van der Waals surface area contributed by atoms with Crippen molar-refractivity contribution in [2.24, 2.45) is 0 Å². The lowest BCUT2D eigenvalue weighted by molar-refractivity contribution is 0.0910. The molecule has 4 rings (SSSR count). The summed E-state index contributed by atoms with van der Waals surface area (Å²) in [6.07, 6.45) is 5.99. The maximum atomic E-state index is 12.8. The molecule has 0 aromatic carbocycles. The Labute approximate surface area is 178 Å². The molecule has 0 spiro atoms. The van der Waals surface area contributed by atoms with Crippen LogP contribution in [-0.4, -0.2) is 53.0 Å². The Kier molecular flexibility index (Phi) is 6.37. The number of amides is 1. The van der Waals surface area contributed by atoms with E-state index < -0.39 is 0 Å². The summed E-state index contributed by atoms with van der Waals surface area (Å²) in [6.45, 7) is 10.7. The monoisotopic (exact) mass is 411 g/mol. The van der Waals surface area contributed by atoms with Crippen molar-refractivity contribution in [3.05, 3.63) is 41.1 Å². The van der Waals surface area contributed by atoms with Crippen LogP contribution in [0.25, 0.3) is 0 Å². The second-order valence-electron chi connectivity index (χ2n) is 8.33. The number of anilines is 1. The fourth-order valence-electron chi connectivity index (χ4n) is 4.14. The van der Waals surface area contributed by atoms with Gasteiger partial charge >= 0.3 is 0 Å². The van der Waals surface area contributed by atoms with Crippen LogP contribution in [0.2, 0.25) is 0 Å². The second kappa shape index (κ2) is 9.16. The van der Waals surface area contributed by atoms with Crippen LogP contribution in [0.3, 0.4) is 0 Å². The number of carbonyl (C=O) groups is 1. The molecule has 1 unspecified atom stereocenters. The standard InChI is InChI=1S/C23H33N5O2/c1-4-20-17(14-27(5-2)6-3)13-21(30-20)22(29)25-18-10-12-28(15-18)23-24-11-9-19(26-23)16-7-8-16/h9,11,13,16,18H,4-8,10,12,14-15H2,1-3H3,(H,25,29). The number of rotatable bonds is 9. The van der Waals surface area contributed by atoms with E-state index in [1.54, 1.807) is 0 Å². The molecule has 2 fully saturated rings. The van der Waals surface area contributed by atoms with E-state index in [9.17, 15) is 4.79 Å². The zero-order valence-corrected chi connectivity index (χ0v) is 18.4. The molecule has 1 amide bonds. The molecule has 1 atom stereocenters. The summed E-state index contributed by atoms with van der Waals surface area (Å²) in [5, 5.41) is 3.15. The maximum absolute atomic E-state index is 12.8. The van der Waals surface area contributed by atoms with Crippen LogP contribution in [0, 0.1) is 0 Å². The minimum atomic E-state index is -0.130. The van der Waals surface area contributed by atoms with Crippen molar-refractivity contribution in [3.8, 4) is 0 Å². The minimum Gasteiger partial charge on any atom is -0.456 e. The van der Waals surface area contributed by atoms with Crippen LogP contribution in [-0.2, 0) is 13.0 Å². The summed E-state index contributed by atoms with van der Waals surface area (Å²) >= 11 is 0. The molecule has 0 radical (unpaired) electrons. The second-order valence-corrected chi connectivity index (χ2v) is 8.33. The van der Waals surface area contributed by atoms with Crippen molar-refractivity contribution in [3.63, 3.8) is 0 Å². The van der Waals surface area contributed by atoms with Gasteiger partial charge in [0.2, 0.25) is 5.95 Å². The quantitative estimate of drug-likeness (QED) is 0.682. The maximum Gasteiger partial charge on any atom is 0.287 e. The Morgan fingerprint density at radius 2 is 2.07 bits per heavy atom. The topological polar surface area (TPSA) is 74.5 Å². The van der Waals surface area contributed by atoms with E-state index in [0.29, 0.717) is 11.7 Å². The number of carbonyl (C=O) groups excluding carboxylic acids is 1. The third kappa shape index (κ3) is 4.67. The largest absolute Gasteiger partial charge is 0.456 e. The molecule has 2 aliphatic rings. The number of hydrogen-bond acceptors (Lipinski definition) is 6. The predicted octanol–water partition coefficient (Wildman–Crippen LogP) is 3.36. The van der Waals surface area contributed by atoms with Crippen LogP contribution < -0.4 is 10.2 Å². The molecule has 0 bridgehead atoms. The van der Waals surface area contributed by atoms with E-state index in [0.717, 1.165) is 68.5 Å². The van der Waals surface area contributed by atoms with Crippen LogP contribution in [0.1, 0.15) is 73.5 Å². The van der Waals surface area contributed by atoms with Crippen molar-refractivity contribution in [1.29, 1.82) is 0 Å². The van der Waals surface area contributed by atoms with Crippen molar-refractivity contribution < 1.29 is 9.21 Å². The fourth-order valence-corrected chi connectivity index (χ4v) is 4.14. The number of furan rings is 1. The van der Waals surface area contributed by atoms with E-state index in [1.807, 2.05) is 18.3 Å². The Morgan fingerprint density at radius 3 is 2.77 bits per heavy atom. The molecule has 1 N–H and O–H groups in total. The average molecular weight is 412 g/mol. The van der Waals surface area contributed by atoms with E-state index in [4.69, 9.17) is 9.40 Å². The van der Waals surface area contributed by atoms with Gasteiger partial charge in [0.05, 0.1) is 0 Å². The molecule has 2 aromatic heterocycles. The Balaban J connectivity index is 1.37. The van der Waals surface area contributed by atoms with Gasteiger partial charge in [-0.2, -0.15) is 0 Å². The molecular weight excluding hydrogens is 378 g/mol. The molecule has 7 heteroatoms. The van der Waals surface area contributed by atoms with Crippen molar-refractivity contribution in [2.45, 2.75) is 65.0 Å². The molecule has 162 valence electrons. The van der Waals surface area contributed by atoms with Gasteiger partial charge in [-0.05, 0) is 44.5 Å². The molecule has 1 aliphatic carbocycles. The van der Waals surface area contributed by atoms with Gasteiger partial charge < -0.3 is 14.6 Å². The molecule has 3 heterocycles. The van der Waals surface area contributed by atoms with Gasteiger partial charge in [-0.15, -0.1) is 0 Å². The highest BCUT2D eigenvalue weighted by atomic mass is 16.4. The highest BCUT2D eigenvalue weighted by molar-refractivity contribution is 5.92. The molecular formula is C23H33N5O2. The lowest BCUT2D eigenvalue weighted by Gasteiger charge is -2.17. The summed E-state index contributed by atoms with van der Waals surface area (Å²) < 4.78 is 5.91. The van der Waals surface area contributed by atoms with Gasteiger partial charge in [0.25, 0.3) is 5.91 Å². The fraction of sp³-hybridized carbons (Fsp3) is 0.609. The lowest BCUT2D eigenvalue weighted by Crippen LogP contribution is -2.37. The zero-order chi connectivity index (χ0) is 21.1. The first-order valence-corrected chi connectivity index (χ1v) is 11.3. The van der Waals surface area contributed by atoms with Crippen molar-refractivity contribution in [1.82, 2.24) is 20.2 Å². The Morgan fingerprint density at radius 1 is 1.27 bits per heavy atom.